The number of amides is 2. The van der Waals surface area contributed by atoms with Crippen molar-refractivity contribution in [1.82, 2.24) is 19.7 Å². The number of aromatic nitrogens is 4. The molecule has 4 N–H and O–H groups in total. The third kappa shape index (κ3) is 3.61. The van der Waals surface area contributed by atoms with E-state index in [1.54, 1.807) is 0 Å². The minimum absolute atomic E-state index is 0.175. The lowest BCUT2D eigenvalue weighted by Crippen LogP contribution is -2.24. The fraction of sp³-hybridized carbons (Fsp3) is 0.333. The molecule has 4 aromatic rings. The van der Waals surface area contributed by atoms with Gasteiger partial charge in [0.2, 0.25) is 5.91 Å². The molecular formula is C24H24N6O2S2. The number of thioether (sulfide) groups is 1. The molecule has 2 amide bonds. The summed E-state index contributed by atoms with van der Waals surface area (Å²) in [7, 11) is 0. The Hall–Kier alpha value is -3.11. The van der Waals surface area contributed by atoms with Gasteiger partial charge in [-0.25, -0.2) is 0 Å². The number of carbonyl (C=O) groups is 2. The van der Waals surface area contributed by atoms with Gasteiger partial charge < -0.3 is 16.0 Å². The second-order valence-corrected chi connectivity index (χ2v) is 11.2. The number of anilines is 1. The first-order valence-corrected chi connectivity index (χ1v) is 13.1. The number of nitrogens with two attached hydrogens (primary N) is 1. The van der Waals surface area contributed by atoms with E-state index in [0.717, 1.165) is 70.0 Å². The smallest absolute Gasteiger partial charge is 0.251 e. The van der Waals surface area contributed by atoms with Crippen LogP contribution >= 0.6 is 23.1 Å². The van der Waals surface area contributed by atoms with Gasteiger partial charge in [0, 0.05) is 33.6 Å². The van der Waals surface area contributed by atoms with Gasteiger partial charge in [0.1, 0.15) is 5.00 Å². The summed E-state index contributed by atoms with van der Waals surface area (Å²) in [5, 5.41) is 13.9. The van der Waals surface area contributed by atoms with Crippen LogP contribution in [-0.4, -0.2) is 36.8 Å². The van der Waals surface area contributed by atoms with Crippen LogP contribution in [0.2, 0.25) is 0 Å². The SMILES string of the molecule is C[C@H](Sc1nnc(-c2c[nH]c3ccccc23)n1C1CC1)C(=O)Nc1sc2c(c1C(N)=O)CCC2. The predicted octanol–water partition coefficient (Wildman–Crippen LogP) is 4.53. The summed E-state index contributed by atoms with van der Waals surface area (Å²) >= 11 is 2.86. The van der Waals surface area contributed by atoms with Crippen molar-refractivity contribution in [1.29, 1.82) is 0 Å². The molecular weight excluding hydrogens is 468 g/mol. The molecule has 2 aliphatic rings. The number of para-hydroxylation sites is 1. The van der Waals surface area contributed by atoms with Gasteiger partial charge in [-0.3, -0.25) is 14.2 Å². The Bertz CT molecular complexity index is 1430. The second-order valence-electron chi connectivity index (χ2n) is 8.83. The van der Waals surface area contributed by atoms with Crippen molar-refractivity contribution < 1.29 is 9.59 Å². The lowest BCUT2D eigenvalue weighted by molar-refractivity contribution is -0.115. The summed E-state index contributed by atoms with van der Waals surface area (Å²) in [6, 6.07) is 8.48. The molecule has 1 saturated carbocycles. The number of rotatable bonds is 7. The highest BCUT2D eigenvalue weighted by molar-refractivity contribution is 8.00. The molecule has 0 bridgehead atoms. The number of nitrogens with zero attached hydrogens (tertiary/aromatic N) is 3. The molecule has 1 fully saturated rings. The lowest BCUT2D eigenvalue weighted by atomic mass is 10.1. The number of hydrogen-bond acceptors (Lipinski definition) is 6. The predicted molar refractivity (Wildman–Crippen MR) is 134 cm³/mol. The van der Waals surface area contributed by atoms with E-state index in [9.17, 15) is 9.59 Å². The van der Waals surface area contributed by atoms with E-state index in [0.29, 0.717) is 16.6 Å². The van der Waals surface area contributed by atoms with E-state index >= 15 is 0 Å². The minimum Gasteiger partial charge on any atom is -0.365 e. The number of aromatic amines is 1. The van der Waals surface area contributed by atoms with Crippen LogP contribution < -0.4 is 11.1 Å². The summed E-state index contributed by atoms with van der Waals surface area (Å²) in [6.07, 6.45) is 6.92. The van der Waals surface area contributed by atoms with Gasteiger partial charge in [0.25, 0.3) is 5.91 Å². The minimum atomic E-state index is -0.480. The molecule has 6 rings (SSSR count). The molecule has 10 heteroatoms. The quantitative estimate of drug-likeness (QED) is 0.328. The van der Waals surface area contributed by atoms with Gasteiger partial charge in [0.15, 0.2) is 11.0 Å². The number of aryl methyl sites for hydroxylation is 1. The zero-order chi connectivity index (χ0) is 23.4. The van der Waals surface area contributed by atoms with Gasteiger partial charge in [-0.15, -0.1) is 21.5 Å². The van der Waals surface area contributed by atoms with Crippen LogP contribution in [0.4, 0.5) is 5.00 Å². The van der Waals surface area contributed by atoms with Crippen molar-refractivity contribution in [3.8, 4) is 11.4 Å². The second kappa shape index (κ2) is 8.28. The average molecular weight is 493 g/mol. The molecule has 0 aliphatic heterocycles. The molecule has 3 heterocycles. The van der Waals surface area contributed by atoms with Gasteiger partial charge in [0.05, 0.1) is 10.8 Å². The van der Waals surface area contributed by atoms with Crippen molar-refractivity contribution in [2.45, 2.75) is 55.5 Å². The number of thiophene rings is 1. The Kier molecular flexibility index (Phi) is 5.22. The topological polar surface area (TPSA) is 119 Å². The number of H-pyrrole nitrogens is 1. The van der Waals surface area contributed by atoms with E-state index in [1.807, 2.05) is 31.3 Å². The Balaban J connectivity index is 1.26. The van der Waals surface area contributed by atoms with Crippen molar-refractivity contribution in [3.05, 3.63) is 46.5 Å². The van der Waals surface area contributed by atoms with Crippen molar-refractivity contribution in [3.63, 3.8) is 0 Å². The highest BCUT2D eigenvalue weighted by atomic mass is 32.2. The maximum absolute atomic E-state index is 13.1. The molecule has 34 heavy (non-hydrogen) atoms. The van der Waals surface area contributed by atoms with Crippen molar-refractivity contribution >= 4 is 50.8 Å². The molecule has 174 valence electrons. The Morgan fingerprint density at radius 1 is 1.26 bits per heavy atom. The summed E-state index contributed by atoms with van der Waals surface area (Å²) in [4.78, 5) is 29.6. The van der Waals surface area contributed by atoms with Crippen LogP contribution in [0.5, 0.6) is 0 Å². The molecule has 0 spiro atoms. The van der Waals surface area contributed by atoms with Crippen molar-refractivity contribution in [2.24, 2.45) is 5.73 Å². The molecule has 0 unspecified atom stereocenters. The molecule has 8 nitrogen and oxygen atoms in total. The van der Waals surface area contributed by atoms with E-state index in [2.05, 4.69) is 31.1 Å². The third-order valence-electron chi connectivity index (χ3n) is 6.46. The highest BCUT2D eigenvalue weighted by Crippen LogP contribution is 2.43. The maximum Gasteiger partial charge on any atom is 0.251 e. The molecule has 2 aliphatic carbocycles. The standard InChI is InChI=1S/C24H24N6O2S2/c1-12(22(32)27-23-19(20(25)31)15-6-4-8-18(15)34-23)33-24-29-28-21(30(24)13-9-10-13)16-11-26-17-7-3-2-5-14(16)17/h2-3,5,7,11-13,26H,4,6,8-10H2,1H3,(H2,25,31)(H,27,32)/t12-/m0/s1. The fourth-order valence-corrected chi connectivity index (χ4v) is 6.85. The summed E-state index contributed by atoms with van der Waals surface area (Å²) in [5.74, 6) is 0.166. The zero-order valence-electron chi connectivity index (χ0n) is 18.6. The van der Waals surface area contributed by atoms with Crippen LogP contribution in [0.1, 0.15) is 53.0 Å². The Labute approximate surface area is 204 Å². The van der Waals surface area contributed by atoms with E-state index in [4.69, 9.17) is 5.73 Å². The largest absolute Gasteiger partial charge is 0.365 e. The first-order valence-electron chi connectivity index (χ1n) is 11.4. The first-order chi connectivity index (χ1) is 16.5. The third-order valence-corrected chi connectivity index (χ3v) is 8.73. The fourth-order valence-electron chi connectivity index (χ4n) is 4.64. The summed E-state index contributed by atoms with van der Waals surface area (Å²) in [6.45, 7) is 1.85. The maximum atomic E-state index is 13.1. The summed E-state index contributed by atoms with van der Waals surface area (Å²) < 4.78 is 2.17. The first kappa shape index (κ1) is 21.4. The molecule has 0 saturated heterocycles. The number of nitrogens with one attached hydrogen (secondary N) is 2. The number of fused-ring (bicyclic) bond motifs is 2. The monoisotopic (exact) mass is 492 g/mol. The highest BCUT2D eigenvalue weighted by Gasteiger charge is 2.33. The van der Waals surface area contributed by atoms with Crippen LogP contribution in [-0.2, 0) is 17.6 Å². The number of primary amides is 1. The normalized spacial score (nSPS) is 16.0. The van der Waals surface area contributed by atoms with Crippen LogP contribution in [0.3, 0.4) is 0 Å². The Morgan fingerprint density at radius 2 is 2.09 bits per heavy atom. The molecule has 1 aromatic carbocycles. The van der Waals surface area contributed by atoms with Crippen molar-refractivity contribution in [2.75, 3.05) is 5.32 Å². The summed E-state index contributed by atoms with van der Waals surface area (Å²) in [5.41, 5.74) is 9.19. The Morgan fingerprint density at radius 3 is 2.88 bits per heavy atom. The zero-order valence-corrected chi connectivity index (χ0v) is 20.3. The number of hydrogen-bond donors (Lipinski definition) is 3. The van der Waals surface area contributed by atoms with Crippen LogP contribution in [0.15, 0.2) is 35.6 Å². The van der Waals surface area contributed by atoms with E-state index in [-0.39, 0.29) is 5.91 Å². The van der Waals surface area contributed by atoms with Gasteiger partial charge in [-0.05, 0) is 50.7 Å². The number of benzene rings is 1. The van der Waals surface area contributed by atoms with Gasteiger partial charge in [-0.1, -0.05) is 30.0 Å². The van der Waals surface area contributed by atoms with Gasteiger partial charge >= 0.3 is 0 Å². The number of carbonyl (C=O) groups excluding carboxylic acids is 2. The van der Waals surface area contributed by atoms with Crippen LogP contribution in [0, 0.1) is 0 Å². The van der Waals surface area contributed by atoms with E-state index in [1.165, 1.54) is 23.1 Å². The molecule has 3 aromatic heterocycles. The molecule has 1 atom stereocenters. The molecule has 0 radical (unpaired) electrons. The average Bonchev–Trinajstić information content (AvgIpc) is 3.15. The van der Waals surface area contributed by atoms with Gasteiger partial charge in [-0.2, -0.15) is 0 Å². The lowest BCUT2D eigenvalue weighted by Gasteiger charge is -2.13. The van der Waals surface area contributed by atoms with E-state index < -0.39 is 11.2 Å². The van der Waals surface area contributed by atoms with Crippen LogP contribution in [0.25, 0.3) is 22.3 Å².